The van der Waals surface area contributed by atoms with E-state index >= 15 is 0 Å². The van der Waals surface area contributed by atoms with Crippen molar-refractivity contribution in [1.29, 1.82) is 0 Å². The van der Waals surface area contributed by atoms with Crippen LogP contribution in [0.1, 0.15) is 10.4 Å². The van der Waals surface area contributed by atoms with Gasteiger partial charge in [-0.1, -0.05) is 12.1 Å². The molecule has 0 unspecified atom stereocenters. The zero-order valence-corrected chi connectivity index (χ0v) is 15.8. The van der Waals surface area contributed by atoms with E-state index < -0.39 is 0 Å². The maximum atomic E-state index is 12.9. The van der Waals surface area contributed by atoms with Crippen LogP contribution >= 0.6 is 12.2 Å². The number of para-hydroxylation sites is 2. The summed E-state index contributed by atoms with van der Waals surface area (Å²) in [4.78, 5) is 25.1. The molecule has 0 saturated carbocycles. The number of hydrogen-bond acceptors (Lipinski definition) is 4. The lowest BCUT2D eigenvalue weighted by atomic mass is 10.1. The zero-order valence-electron chi connectivity index (χ0n) is 15.0. The molecule has 1 amide bonds. The highest BCUT2D eigenvalue weighted by Gasteiger charge is 2.21. The van der Waals surface area contributed by atoms with E-state index in [0.717, 1.165) is 53.8 Å². The van der Waals surface area contributed by atoms with Crippen LogP contribution in [0.3, 0.4) is 0 Å². The van der Waals surface area contributed by atoms with Crippen LogP contribution in [-0.4, -0.2) is 63.3 Å². The Morgan fingerprint density at radius 1 is 1.11 bits per heavy atom. The monoisotopic (exact) mass is 377 g/mol. The molecule has 1 aliphatic rings. The summed E-state index contributed by atoms with van der Waals surface area (Å²) in [7, 11) is 2.08. The molecule has 2 aromatic heterocycles. The number of piperazine rings is 1. The molecule has 0 atom stereocenters. The molecule has 4 aromatic rings. The number of carbonyl (C=O) groups is 1. The quantitative estimate of drug-likeness (QED) is 0.518. The van der Waals surface area contributed by atoms with Gasteiger partial charge >= 0.3 is 0 Å². The summed E-state index contributed by atoms with van der Waals surface area (Å²) in [6.45, 7) is 3.33. The summed E-state index contributed by atoms with van der Waals surface area (Å²) < 4.78 is 2.53. The highest BCUT2D eigenvalue weighted by atomic mass is 32.1. The van der Waals surface area contributed by atoms with Crippen molar-refractivity contribution in [1.82, 2.24) is 24.2 Å². The third-order valence-corrected chi connectivity index (χ3v) is 5.59. The second kappa shape index (κ2) is 6.14. The molecule has 3 heterocycles. The number of hydrogen-bond donors (Lipinski definition) is 1. The highest BCUT2D eigenvalue weighted by Crippen LogP contribution is 2.24. The van der Waals surface area contributed by atoms with E-state index in [1.807, 2.05) is 51.8 Å². The molecule has 1 aliphatic heterocycles. The van der Waals surface area contributed by atoms with Gasteiger partial charge in [-0.15, -0.1) is 0 Å². The van der Waals surface area contributed by atoms with Crippen molar-refractivity contribution in [2.45, 2.75) is 0 Å². The lowest BCUT2D eigenvalue weighted by molar-refractivity contribution is 0.0664. The fourth-order valence-corrected chi connectivity index (χ4v) is 4.05. The molecule has 1 N–H and O–H groups in total. The van der Waals surface area contributed by atoms with Crippen LogP contribution in [0.4, 0.5) is 0 Å². The van der Waals surface area contributed by atoms with Gasteiger partial charge in [0.1, 0.15) is 5.65 Å². The van der Waals surface area contributed by atoms with Crippen molar-refractivity contribution in [2.75, 3.05) is 33.2 Å². The Morgan fingerprint density at radius 2 is 1.89 bits per heavy atom. The van der Waals surface area contributed by atoms with E-state index in [-0.39, 0.29) is 5.91 Å². The molecule has 6 nitrogen and oxygen atoms in total. The van der Waals surface area contributed by atoms with Crippen molar-refractivity contribution in [3.63, 3.8) is 0 Å². The molecule has 2 aromatic carbocycles. The van der Waals surface area contributed by atoms with Crippen molar-refractivity contribution in [2.24, 2.45) is 0 Å². The van der Waals surface area contributed by atoms with E-state index in [2.05, 4.69) is 16.9 Å². The number of imidazole rings is 1. The second-order valence-electron chi connectivity index (χ2n) is 7.05. The fraction of sp³-hybridized carbons (Fsp3) is 0.250. The molecule has 27 heavy (non-hydrogen) atoms. The van der Waals surface area contributed by atoms with Gasteiger partial charge in [0.2, 0.25) is 0 Å². The number of rotatable bonds is 1. The van der Waals surface area contributed by atoms with Crippen LogP contribution < -0.4 is 0 Å². The van der Waals surface area contributed by atoms with Crippen molar-refractivity contribution >= 4 is 45.7 Å². The van der Waals surface area contributed by atoms with Crippen molar-refractivity contribution in [3.8, 4) is 0 Å². The van der Waals surface area contributed by atoms with E-state index in [1.165, 1.54) is 0 Å². The average Bonchev–Trinajstić information content (AvgIpc) is 3.08. The molecule has 5 rings (SSSR count). The standard InChI is InChI=1S/C20H19N5OS/c1-23-8-10-24(11-9-23)19(26)13-6-7-14-16(12-13)22-20(27)25-17-5-3-2-4-15(17)21-18(14)25/h2-7,12H,8-11H2,1H3,(H,22,27). The minimum absolute atomic E-state index is 0.0673. The maximum absolute atomic E-state index is 12.9. The summed E-state index contributed by atoms with van der Waals surface area (Å²) in [6.07, 6.45) is 0. The van der Waals surface area contributed by atoms with Gasteiger partial charge in [0.15, 0.2) is 4.77 Å². The largest absolute Gasteiger partial charge is 0.336 e. The van der Waals surface area contributed by atoms with Crippen molar-refractivity contribution < 1.29 is 4.79 Å². The molecule has 136 valence electrons. The number of nitrogens with zero attached hydrogens (tertiary/aromatic N) is 4. The molecule has 1 saturated heterocycles. The minimum Gasteiger partial charge on any atom is -0.336 e. The van der Waals surface area contributed by atoms with Gasteiger partial charge in [-0.3, -0.25) is 9.20 Å². The number of fused-ring (bicyclic) bond motifs is 5. The Hall–Kier alpha value is -2.77. The van der Waals surface area contributed by atoms with Gasteiger partial charge in [0, 0.05) is 37.1 Å². The smallest absolute Gasteiger partial charge is 0.254 e. The summed E-state index contributed by atoms with van der Waals surface area (Å²) in [5.74, 6) is 0.0673. The van der Waals surface area contributed by atoms with E-state index in [0.29, 0.717) is 10.3 Å². The van der Waals surface area contributed by atoms with Crippen LogP contribution in [0, 0.1) is 4.77 Å². The Kier molecular flexibility index (Phi) is 3.73. The maximum Gasteiger partial charge on any atom is 0.254 e. The van der Waals surface area contributed by atoms with E-state index in [9.17, 15) is 4.79 Å². The van der Waals surface area contributed by atoms with Gasteiger partial charge < -0.3 is 14.8 Å². The summed E-state index contributed by atoms with van der Waals surface area (Å²) in [6, 6.07) is 13.7. The summed E-state index contributed by atoms with van der Waals surface area (Å²) >= 11 is 5.58. The Balaban J connectivity index is 1.64. The number of nitrogens with one attached hydrogen (secondary N) is 1. The number of amides is 1. The number of likely N-dealkylation sites (N-methyl/N-ethyl adjacent to an activating group) is 1. The third-order valence-electron chi connectivity index (χ3n) is 5.30. The normalized spacial score (nSPS) is 15.8. The molecular formula is C20H19N5OS. The van der Waals surface area contributed by atoms with Gasteiger partial charge in [0.05, 0.1) is 16.6 Å². The molecule has 7 heteroatoms. The fourth-order valence-electron chi connectivity index (χ4n) is 3.75. The minimum atomic E-state index is 0.0673. The molecule has 0 spiro atoms. The first-order valence-electron chi connectivity index (χ1n) is 9.03. The summed E-state index contributed by atoms with van der Waals surface area (Å²) in [5.41, 5.74) is 4.21. The molecule has 0 radical (unpaired) electrons. The Bertz CT molecular complexity index is 1250. The number of benzene rings is 2. The lowest BCUT2D eigenvalue weighted by Gasteiger charge is -2.32. The molecular weight excluding hydrogens is 358 g/mol. The predicted molar refractivity (Wildman–Crippen MR) is 109 cm³/mol. The number of carbonyl (C=O) groups excluding carboxylic acids is 1. The number of aromatic nitrogens is 3. The summed E-state index contributed by atoms with van der Waals surface area (Å²) in [5, 5.41) is 0.953. The first-order chi connectivity index (χ1) is 13.1. The Morgan fingerprint density at radius 3 is 2.70 bits per heavy atom. The van der Waals surface area contributed by atoms with E-state index in [4.69, 9.17) is 17.2 Å². The zero-order chi connectivity index (χ0) is 18.5. The number of aromatic amines is 1. The van der Waals surface area contributed by atoms with Crippen LogP contribution in [0.15, 0.2) is 42.5 Å². The van der Waals surface area contributed by atoms with E-state index in [1.54, 1.807) is 0 Å². The van der Waals surface area contributed by atoms with Crippen LogP contribution in [0.25, 0.3) is 27.6 Å². The Labute approximate surface area is 161 Å². The average molecular weight is 377 g/mol. The molecule has 0 aliphatic carbocycles. The van der Waals surface area contributed by atoms with Crippen LogP contribution in [0.2, 0.25) is 0 Å². The van der Waals surface area contributed by atoms with Gasteiger partial charge in [-0.25, -0.2) is 4.98 Å². The van der Waals surface area contributed by atoms with Gasteiger partial charge in [-0.2, -0.15) is 0 Å². The molecule has 0 bridgehead atoms. The highest BCUT2D eigenvalue weighted by molar-refractivity contribution is 7.71. The molecule has 1 fully saturated rings. The first kappa shape index (κ1) is 16.4. The first-order valence-corrected chi connectivity index (χ1v) is 9.44. The SMILES string of the molecule is CN1CCN(C(=O)c2ccc3c(c2)[nH]c(=S)n2c4ccccc4nc32)CC1. The second-order valence-corrected chi connectivity index (χ2v) is 7.43. The topological polar surface area (TPSA) is 56.6 Å². The van der Waals surface area contributed by atoms with Gasteiger partial charge in [0.25, 0.3) is 5.91 Å². The predicted octanol–water partition coefficient (Wildman–Crippen LogP) is 3.09. The van der Waals surface area contributed by atoms with Crippen LogP contribution in [0.5, 0.6) is 0 Å². The van der Waals surface area contributed by atoms with Crippen LogP contribution in [-0.2, 0) is 0 Å². The third kappa shape index (κ3) is 2.62. The van der Waals surface area contributed by atoms with Crippen molar-refractivity contribution in [3.05, 3.63) is 52.8 Å². The lowest BCUT2D eigenvalue weighted by Crippen LogP contribution is -2.47. The number of H-pyrrole nitrogens is 1. The van der Waals surface area contributed by atoms with Gasteiger partial charge in [-0.05, 0) is 49.6 Å².